The van der Waals surface area contributed by atoms with Gasteiger partial charge in [-0.25, -0.2) is 4.98 Å². The third kappa shape index (κ3) is 8.98. The molecule has 1 atom stereocenters. The van der Waals surface area contributed by atoms with Crippen molar-refractivity contribution >= 4 is 11.8 Å². The molecule has 0 aliphatic carbocycles. The Morgan fingerprint density at radius 3 is 2.80 bits per heavy atom. The van der Waals surface area contributed by atoms with Crippen LogP contribution < -0.4 is 10.6 Å². The van der Waals surface area contributed by atoms with Gasteiger partial charge in [-0.05, 0) is 84.5 Å². The molecule has 0 amide bonds. The minimum atomic E-state index is -0.796. The van der Waals surface area contributed by atoms with E-state index >= 15 is 0 Å². The molecule has 0 spiro atoms. The molecule has 30 heavy (non-hydrogen) atoms. The first-order valence-corrected chi connectivity index (χ1v) is 11.3. The number of carbonyl (C=O) groups is 1. The summed E-state index contributed by atoms with van der Waals surface area (Å²) in [6, 6.07) is 3.86. The molecular formula is C23H40N4O3. The fourth-order valence-corrected chi connectivity index (χ4v) is 3.67. The standard InChI is InChI=1S/C23H40N4O3/c1-23(2,3)30-17-16-27(15-12-20(24-4)22(28)29)14-6-5-9-19-11-10-18-8-7-13-25-21(18)26-19/h10-11,20,24H,5-9,12-17H2,1-4H3,(H,25,26)(H,28,29). The summed E-state index contributed by atoms with van der Waals surface area (Å²) in [5.74, 6) is 0.266. The second kappa shape index (κ2) is 12.2. The van der Waals surface area contributed by atoms with Gasteiger partial charge in [-0.2, -0.15) is 0 Å². The van der Waals surface area contributed by atoms with Gasteiger partial charge >= 0.3 is 5.97 Å². The van der Waals surface area contributed by atoms with Crippen molar-refractivity contribution in [2.24, 2.45) is 0 Å². The first kappa shape index (κ1) is 24.6. The van der Waals surface area contributed by atoms with Crippen molar-refractivity contribution in [1.29, 1.82) is 0 Å². The van der Waals surface area contributed by atoms with Gasteiger partial charge in [-0.1, -0.05) is 6.07 Å². The quantitative estimate of drug-likeness (QED) is 0.423. The molecule has 1 unspecified atom stereocenters. The van der Waals surface area contributed by atoms with Crippen LogP contribution in [0.4, 0.5) is 5.82 Å². The van der Waals surface area contributed by atoms with E-state index in [4.69, 9.17) is 9.72 Å². The number of fused-ring (bicyclic) bond motifs is 1. The van der Waals surface area contributed by atoms with Gasteiger partial charge in [-0.3, -0.25) is 4.79 Å². The number of hydrogen-bond donors (Lipinski definition) is 3. The number of rotatable bonds is 13. The van der Waals surface area contributed by atoms with E-state index in [0.29, 0.717) is 13.0 Å². The maximum absolute atomic E-state index is 11.3. The normalized spacial score (nSPS) is 15.0. The minimum absolute atomic E-state index is 0.160. The molecule has 7 nitrogen and oxygen atoms in total. The zero-order chi connectivity index (χ0) is 22.0. The summed E-state index contributed by atoms with van der Waals surface area (Å²) >= 11 is 0. The van der Waals surface area contributed by atoms with Crippen molar-refractivity contribution in [3.63, 3.8) is 0 Å². The molecule has 7 heteroatoms. The van der Waals surface area contributed by atoms with Gasteiger partial charge in [0.05, 0.1) is 12.2 Å². The van der Waals surface area contributed by atoms with Crippen molar-refractivity contribution in [1.82, 2.24) is 15.2 Å². The second-order valence-corrected chi connectivity index (χ2v) is 9.07. The van der Waals surface area contributed by atoms with Crippen LogP contribution in [0, 0.1) is 0 Å². The van der Waals surface area contributed by atoms with E-state index in [9.17, 15) is 9.90 Å². The number of nitrogens with one attached hydrogen (secondary N) is 2. The smallest absolute Gasteiger partial charge is 0.320 e. The largest absolute Gasteiger partial charge is 0.480 e. The van der Waals surface area contributed by atoms with E-state index in [0.717, 1.165) is 63.4 Å². The summed E-state index contributed by atoms with van der Waals surface area (Å²) in [5.41, 5.74) is 2.31. The Morgan fingerprint density at radius 1 is 1.30 bits per heavy atom. The van der Waals surface area contributed by atoms with Crippen molar-refractivity contribution < 1.29 is 14.6 Å². The van der Waals surface area contributed by atoms with Crippen LogP contribution in [0.5, 0.6) is 0 Å². The third-order valence-electron chi connectivity index (χ3n) is 5.43. The summed E-state index contributed by atoms with van der Waals surface area (Å²) in [7, 11) is 1.70. The first-order valence-electron chi connectivity index (χ1n) is 11.3. The number of aryl methyl sites for hydroxylation is 2. The number of anilines is 1. The van der Waals surface area contributed by atoms with Gasteiger partial charge < -0.3 is 25.4 Å². The van der Waals surface area contributed by atoms with E-state index in [2.05, 4.69) is 48.4 Å². The van der Waals surface area contributed by atoms with Gasteiger partial charge in [0, 0.05) is 25.3 Å². The number of aromatic nitrogens is 1. The molecule has 0 radical (unpaired) electrons. The summed E-state index contributed by atoms with van der Waals surface area (Å²) < 4.78 is 5.88. The lowest BCUT2D eigenvalue weighted by Gasteiger charge is -2.26. The monoisotopic (exact) mass is 420 g/mol. The average Bonchev–Trinajstić information content (AvgIpc) is 2.69. The Bertz CT molecular complexity index is 660. The lowest BCUT2D eigenvalue weighted by molar-refractivity contribution is -0.139. The summed E-state index contributed by atoms with van der Waals surface area (Å²) in [6.07, 6.45) is 5.97. The van der Waals surface area contributed by atoms with Gasteiger partial charge in [0.25, 0.3) is 0 Å². The van der Waals surface area contributed by atoms with Crippen LogP contribution in [0.3, 0.4) is 0 Å². The molecule has 1 aromatic heterocycles. The summed E-state index contributed by atoms with van der Waals surface area (Å²) in [6.45, 7) is 10.3. The van der Waals surface area contributed by atoms with E-state index < -0.39 is 12.0 Å². The third-order valence-corrected chi connectivity index (χ3v) is 5.43. The molecule has 0 bridgehead atoms. The average molecular weight is 421 g/mol. The zero-order valence-corrected chi connectivity index (χ0v) is 19.2. The molecule has 1 aliphatic rings. The van der Waals surface area contributed by atoms with E-state index in [1.165, 1.54) is 12.0 Å². The molecule has 0 saturated heterocycles. The van der Waals surface area contributed by atoms with Gasteiger partial charge in [0.2, 0.25) is 0 Å². The fraction of sp³-hybridized carbons (Fsp3) is 0.739. The molecule has 2 rings (SSSR count). The number of carboxylic acid groups (broad SMARTS) is 1. The highest BCUT2D eigenvalue weighted by atomic mass is 16.5. The predicted octanol–water partition coefficient (Wildman–Crippen LogP) is 2.94. The Hall–Kier alpha value is -1.70. The lowest BCUT2D eigenvalue weighted by atomic mass is 10.1. The Balaban J connectivity index is 1.79. The highest BCUT2D eigenvalue weighted by molar-refractivity contribution is 5.73. The SMILES string of the molecule is CNC(CCN(CCCCc1ccc2c(n1)NCCC2)CCOC(C)(C)C)C(=O)O. The maximum atomic E-state index is 11.3. The second-order valence-electron chi connectivity index (χ2n) is 9.07. The van der Waals surface area contributed by atoms with E-state index in [1.54, 1.807) is 7.05 Å². The molecule has 0 fully saturated rings. The van der Waals surface area contributed by atoms with Gasteiger partial charge in [0.15, 0.2) is 0 Å². The molecular weight excluding hydrogens is 380 g/mol. The maximum Gasteiger partial charge on any atom is 0.320 e. The van der Waals surface area contributed by atoms with Crippen LogP contribution in [-0.4, -0.2) is 72.4 Å². The van der Waals surface area contributed by atoms with Crippen molar-refractivity contribution in [3.05, 3.63) is 23.4 Å². The number of aliphatic carboxylic acids is 1. The van der Waals surface area contributed by atoms with E-state index in [-0.39, 0.29) is 5.60 Å². The van der Waals surface area contributed by atoms with E-state index in [1.807, 2.05) is 0 Å². The number of hydrogen-bond acceptors (Lipinski definition) is 6. The van der Waals surface area contributed by atoms with Crippen molar-refractivity contribution in [2.75, 3.05) is 45.2 Å². The van der Waals surface area contributed by atoms with Crippen molar-refractivity contribution in [2.45, 2.75) is 70.9 Å². The Kier molecular flexibility index (Phi) is 10.0. The lowest BCUT2D eigenvalue weighted by Crippen LogP contribution is -2.39. The van der Waals surface area contributed by atoms with Crippen LogP contribution in [0.15, 0.2) is 12.1 Å². The molecule has 2 heterocycles. The fourth-order valence-electron chi connectivity index (χ4n) is 3.67. The number of likely N-dealkylation sites (N-methyl/N-ethyl adjacent to an activating group) is 1. The van der Waals surface area contributed by atoms with Crippen LogP contribution in [-0.2, 0) is 22.4 Å². The molecule has 1 aromatic rings. The van der Waals surface area contributed by atoms with Crippen LogP contribution in [0.2, 0.25) is 0 Å². The summed E-state index contributed by atoms with van der Waals surface area (Å²) in [5, 5.41) is 15.6. The molecule has 3 N–H and O–H groups in total. The topological polar surface area (TPSA) is 86.7 Å². The number of unbranched alkanes of at least 4 members (excludes halogenated alkanes) is 1. The number of pyridine rings is 1. The molecule has 170 valence electrons. The van der Waals surface area contributed by atoms with Crippen LogP contribution in [0.1, 0.15) is 57.7 Å². The number of ether oxygens (including phenoxy) is 1. The highest BCUT2D eigenvalue weighted by Gasteiger charge is 2.17. The van der Waals surface area contributed by atoms with Crippen LogP contribution in [0.25, 0.3) is 0 Å². The molecule has 0 saturated carbocycles. The Morgan fingerprint density at radius 2 is 2.10 bits per heavy atom. The number of carboxylic acids is 1. The molecule has 0 aromatic carbocycles. The molecule has 1 aliphatic heterocycles. The summed E-state index contributed by atoms with van der Waals surface area (Å²) in [4.78, 5) is 18.4. The van der Waals surface area contributed by atoms with Crippen molar-refractivity contribution in [3.8, 4) is 0 Å². The minimum Gasteiger partial charge on any atom is -0.480 e. The number of nitrogens with zero attached hydrogens (tertiary/aromatic N) is 2. The zero-order valence-electron chi connectivity index (χ0n) is 19.2. The highest BCUT2D eigenvalue weighted by Crippen LogP contribution is 2.20. The van der Waals surface area contributed by atoms with Gasteiger partial charge in [0.1, 0.15) is 11.9 Å². The van der Waals surface area contributed by atoms with Gasteiger partial charge in [-0.15, -0.1) is 0 Å². The van der Waals surface area contributed by atoms with Crippen LogP contribution >= 0.6 is 0 Å². The first-order chi connectivity index (χ1) is 14.3. The Labute approximate surface area is 181 Å². The predicted molar refractivity (Wildman–Crippen MR) is 121 cm³/mol.